The lowest BCUT2D eigenvalue weighted by atomic mass is 10.1. The second-order valence-electron chi connectivity index (χ2n) is 6.64. The molecule has 0 aliphatic rings. The monoisotopic (exact) mass is 381 g/mol. The first-order valence-electron chi connectivity index (χ1n) is 9.60. The van der Waals surface area contributed by atoms with Crippen LogP contribution in [0.1, 0.15) is 25.3 Å². The number of aromatic nitrogens is 4. The first kappa shape index (κ1) is 19.8. The summed E-state index contributed by atoms with van der Waals surface area (Å²) in [5.74, 6) is 1.30. The lowest BCUT2D eigenvalue weighted by Crippen LogP contribution is -2.19. The summed E-state index contributed by atoms with van der Waals surface area (Å²) in [7, 11) is 2.15. The molecule has 0 saturated carbocycles. The SMILES string of the molecule is CCCCN(C)Cc1cn[nH]c1-c1ccc(OCCOc2cccnn2)cc1. The summed E-state index contributed by atoms with van der Waals surface area (Å²) < 4.78 is 11.2. The van der Waals surface area contributed by atoms with Crippen molar-refractivity contribution < 1.29 is 9.47 Å². The zero-order valence-corrected chi connectivity index (χ0v) is 16.5. The van der Waals surface area contributed by atoms with Crippen LogP contribution in [-0.4, -0.2) is 52.1 Å². The van der Waals surface area contributed by atoms with Gasteiger partial charge in [-0.25, -0.2) is 0 Å². The van der Waals surface area contributed by atoms with E-state index >= 15 is 0 Å². The van der Waals surface area contributed by atoms with Crippen LogP contribution in [0.15, 0.2) is 48.8 Å². The van der Waals surface area contributed by atoms with Crippen molar-refractivity contribution in [1.82, 2.24) is 25.3 Å². The number of H-pyrrole nitrogens is 1. The van der Waals surface area contributed by atoms with Crippen LogP contribution < -0.4 is 9.47 Å². The number of hydrogen-bond donors (Lipinski definition) is 1. The molecule has 7 nitrogen and oxygen atoms in total. The highest BCUT2D eigenvalue weighted by molar-refractivity contribution is 5.63. The Labute approximate surface area is 165 Å². The average Bonchev–Trinajstić information content (AvgIpc) is 3.19. The highest BCUT2D eigenvalue weighted by Crippen LogP contribution is 2.24. The van der Waals surface area contributed by atoms with Crippen LogP contribution in [-0.2, 0) is 6.54 Å². The van der Waals surface area contributed by atoms with E-state index in [1.54, 1.807) is 18.3 Å². The number of ether oxygens (including phenoxy) is 2. The minimum Gasteiger partial charge on any atom is -0.490 e. The van der Waals surface area contributed by atoms with Crippen LogP contribution in [0.25, 0.3) is 11.3 Å². The van der Waals surface area contributed by atoms with Crippen LogP contribution >= 0.6 is 0 Å². The molecule has 0 fully saturated rings. The predicted molar refractivity (Wildman–Crippen MR) is 108 cm³/mol. The molecule has 0 atom stereocenters. The van der Waals surface area contributed by atoms with Gasteiger partial charge in [0, 0.05) is 29.9 Å². The summed E-state index contributed by atoms with van der Waals surface area (Å²) >= 11 is 0. The Bertz CT molecular complexity index is 820. The maximum absolute atomic E-state index is 5.73. The summed E-state index contributed by atoms with van der Waals surface area (Å²) in [5, 5.41) is 15.0. The molecule has 0 amide bonds. The maximum atomic E-state index is 5.73. The van der Waals surface area contributed by atoms with E-state index in [2.05, 4.69) is 39.3 Å². The van der Waals surface area contributed by atoms with E-state index in [0.717, 1.165) is 30.1 Å². The van der Waals surface area contributed by atoms with Crippen molar-refractivity contribution in [3.63, 3.8) is 0 Å². The zero-order chi connectivity index (χ0) is 19.6. The van der Waals surface area contributed by atoms with Gasteiger partial charge in [0.1, 0.15) is 19.0 Å². The molecule has 1 N–H and O–H groups in total. The third-order valence-corrected chi connectivity index (χ3v) is 4.34. The molecule has 2 heterocycles. The van der Waals surface area contributed by atoms with Gasteiger partial charge in [-0.15, -0.1) is 5.10 Å². The minimum absolute atomic E-state index is 0.412. The van der Waals surface area contributed by atoms with Crippen molar-refractivity contribution in [2.24, 2.45) is 0 Å². The van der Waals surface area contributed by atoms with Gasteiger partial charge in [-0.2, -0.15) is 10.2 Å². The van der Waals surface area contributed by atoms with E-state index in [9.17, 15) is 0 Å². The Kier molecular flexibility index (Phi) is 7.37. The van der Waals surface area contributed by atoms with Gasteiger partial charge in [-0.1, -0.05) is 13.3 Å². The molecule has 0 bridgehead atoms. The van der Waals surface area contributed by atoms with Crippen LogP contribution in [0.3, 0.4) is 0 Å². The standard InChI is InChI=1S/C21H27N5O2/c1-3-4-12-26(2)16-18-15-23-25-21(18)17-7-9-19(10-8-17)27-13-14-28-20-6-5-11-22-24-20/h5-11,15H,3-4,12-14,16H2,1-2H3,(H,23,25). The van der Waals surface area contributed by atoms with Crippen LogP contribution in [0.4, 0.5) is 0 Å². The third-order valence-electron chi connectivity index (χ3n) is 4.34. The molecular formula is C21H27N5O2. The summed E-state index contributed by atoms with van der Waals surface area (Å²) in [4.78, 5) is 2.33. The van der Waals surface area contributed by atoms with Crippen molar-refractivity contribution in [3.8, 4) is 22.9 Å². The summed E-state index contributed by atoms with van der Waals surface area (Å²) in [5.41, 5.74) is 3.35. The molecule has 3 aromatic rings. The number of aromatic amines is 1. The number of hydrogen-bond acceptors (Lipinski definition) is 6. The van der Waals surface area contributed by atoms with Crippen molar-refractivity contribution in [2.45, 2.75) is 26.3 Å². The van der Waals surface area contributed by atoms with Gasteiger partial charge < -0.3 is 14.4 Å². The molecule has 148 valence electrons. The lowest BCUT2D eigenvalue weighted by Gasteiger charge is -2.16. The fourth-order valence-electron chi connectivity index (χ4n) is 2.87. The van der Waals surface area contributed by atoms with E-state index in [0.29, 0.717) is 19.1 Å². The predicted octanol–water partition coefficient (Wildman–Crippen LogP) is 3.56. The normalized spacial score (nSPS) is 11.0. The highest BCUT2D eigenvalue weighted by Gasteiger charge is 2.10. The van der Waals surface area contributed by atoms with Crippen molar-refractivity contribution >= 4 is 0 Å². The van der Waals surface area contributed by atoms with Crippen molar-refractivity contribution in [3.05, 3.63) is 54.4 Å². The van der Waals surface area contributed by atoms with Gasteiger partial charge >= 0.3 is 0 Å². The molecule has 0 spiro atoms. The third kappa shape index (κ3) is 5.79. The quantitative estimate of drug-likeness (QED) is 0.512. The number of rotatable bonds is 11. The van der Waals surface area contributed by atoms with Crippen LogP contribution in [0.5, 0.6) is 11.6 Å². The Morgan fingerprint density at radius 3 is 2.64 bits per heavy atom. The molecule has 2 aromatic heterocycles. The number of benzene rings is 1. The topological polar surface area (TPSA) is 76.2 Å². The molecule has 28 heavy (non-hydrogen) atoms. The Morgan fingerprint density at radius 1 is 1.07 bits per heavy atom. The summed E-state index contributed by atoms with van der Waals surface area (Å²) in [6.45, 7) is 5.03. The number of nitrogens with zero attached hydrogens (tertiary/aromatic N) is 4. The first-order valence-corrected chi connectivity index (χ1v) is 9.60. The minimum atomic E-state index is 0.412. The van der Waals surface area contributed by atoms with E-state index in [1.807, 2.05) is 30.5 Å². The van der Waals surface area contributed by atoms with E-state index in [1.165, 1.54) is 18.4 Å². The van der Waals surface area contributed by atoms with Crippen LogP contribution in [0.2, 0.25) is 0 Å². The number of unbranched alkanes of at least 4 members (excludes halogenated alkanes) is 1. The molecule has 3 rings (SSSR count). The molecule has 7 heteroatoms. The summed E-state index contributed by atoms with van der Waals surface area (Å²) in [6, 6.07) is 11.6. The first-order chi connectivity index (χ1) is 13.8. The van der Waals surface area contributed by atoms with Gasteiger partial charge in [0.15, 0.2) is 0 Å². The Hall–Kier alpha value is -2.93. The molecule has 0 unspecified atom stereocenters. The molecule has 1 aromatic carbocycles. The van der Waals surface area contributed by atoms with Crippen LogP contribution in [0, 0.1) is 0 Å². The lowest BCUT2D eigenvalue weighted by molar-refractivity contribution is 0.210. The van der Waals surface area contributed by atoms with Gasteiger partial charge in [0.05, 0.1) is 11.9 Å². The molecular weight excluding hydrogens is 354 g/mol. The Balaban J connectivity index is 1.51. The van der Waals surface area contributed by atoms with E-state index < -0.39 is 0 Å². The average molecular weight is 381 g/mol. The van der Waals surface area contributed by atoms with E-state index in [-0.39, 0.29) is 0 Å². The van der Waals surface area contributed by atoms with Crippen molar-refractivity contribution in [1.29, 1.82) is 0 Å². The fraction of sp³-hybridized carbons (Fsp3) is 0.381. The molecule has 0 aliphatic heterocycles. The second kappa shape index (κ2) is 10.4. The second-order valence-corrected chi connectivity index (χ2v) is 6.64. The fourth-order valence-corrected chi connectivity index (χ4v) is 2.87. The largest absolute Gasteiger partial charge is 0.490 e. The van der Waals surface area contributed by atoms with Crippen molar-refractivity contribution in [2.75, 3.05) is 26.8 Å². The summed E-state index contributed by atoms with van der Waals surface area (Å²) in [6.07, 6.45) is 5.93. The molecule has 0 radical (unpaired) electrons. The zero-order valence-electron chi connectivity index (χ0n) is 16.5. The van der Waals surface area contributed by atoms with E-state index in [4.69, 9.17) is 9.47 Å². The van der Waals surface area contributed by atoms with Gasteiger partial charge in [0.25, 0.3) is 0 Å². The molecule has 0 saturated heterocycles. The Morgan fingerprint density at radius 2 is 1.89 bits per heavy atom. The van der Waals surface area contributed by atoms with Gasteiger partial charge in [-0.05, 0) is 50.3 Å². The molecule has 0 aliphatic carbocycles. The maximum Gasteiger partial charge on any atom is 0.233 e. The highest BCUT2D eigenvalue weighted by atomic mass is 16.5. The number of nitrogens with one attached hydrogen (secondary N) is 1. The smallest absolute Gasteiger partial charge is 0.233 e. The van der Waals surface area contributed by atoms with Gasteiger partial charge in [0.2, 0.25) is 5.88 Å². The van der Waals surface area contributed by atoms with Gasteiger partial charge in [-0.3, -0.25) is 5.10 Å².